The first-order chi connectivity index (χ1) is 12.8. The van der Waals surface area contributed by atoms with Crippen LogP contribution < -0.4 is 0 Å². The molecule has 0 saturated carbocycles. The summed E-state index contributed by atoms with van der Waals surface area (Å²) in [5.41, 5.74) is 2.33. The maximum absolute atomic E-state index is 12.7. The Morgan fingerprint density at radius 3 is 2.00 bits per heavy atom. The SMILES string of the molecule is O=C(OCCN1CCOCC1)C(Cc1ccccc1)Cc1ccccc1. The average Bonchev–Trinajstić information content (AvgIpc) is 2.70. The van der Waals surface area contributed by atoms with Gasteiger partial charge in [0.2, 0.25) is 0 Å². The monoisotopic (exact) mass is 353 g/mol. The summed E-state index contributed by atoms with van der Waals surface area (Å²) in [6.45, 7) is 4.57. The van der Waals surface area contributed by atoms with E-state index < -0.39 is 0 Å². The van der Waals surface area contributed by atoms with Crippen LogP contribution in [0.3, 0.4) is 0 Å². The van der Waals surface area contributed by atoms with Gasteiger partial charge in [-0.3, -0.25) is 9.69 Å². The third kappa shape index (κ3) is 5.97. The molecule has 0 amide bonds. The smallest absolute Gasteiger partial charge is 0.309 e. The molecule has 0 spiro atoms. The molecule has 4 heteroatoms. The molecule has 1 fully saturated rings. The molecule has 1 aliphatic rings. The van der Waals surface area contributed by atoms with Crippen molar-refractivity contribution in [3.05, 3.63) is 71.8 Å². The summed E-state index contributed by atoms with van der Waals surface area (Å²) in [5, 5.41) is 0. The van der Waals surface area contributed by atoms with Gasteiger partial charge in [0.25, 0.3) is 0 Å². The lowest BCUT2D eigenvalue weighted by Crippen LogP contribution is -2.39. The van der Waals surface area contributed by atoms with E-state index in [9.17, 15) is 4.79 Å². The topological polar surface area (TPSA) is 38.8 Å². The highest BCUT2D eigenvalue weighted by atomic mass is 16.5. The molecule has 1 heterocycles. The minimum atomic E-state index is -0.163. The Labute approximate surface area is 155 Å². The molecule has 0 N–H and O–H groups in total. The molecular formula is C22H27NO3. The van der Waals surface area contributed by atoms with Gasteiger partial charge in [-0.1, -0.05) is 60.7 Å². The minimum Gasteiger partial charge on any atom is -0.464 e. The highest BCUT2D eigenvalue weighted by Gasteiger charge is 2.21. The van der Waals surface area contributed by atoms with Crippen LogP contribution in [0, 0.1) is 5.92 Å². The number of esters is 1. The molecule has 0 radical (unpaired) electrons. The van der Waals surface area contributed by atoms with Gasteiger partial charge in [0.05, 0.1) is 19.1 Å². The predicted molar refractivity (Wildman–Crippen MR) is 102 cm³/mol. The number of hydrogen-bond donors (Lipinski definition) is 0. The van der Waals surface area contributed by atoms with Crippen LogP contribution in [-0.2, 0) is 27.1 Å². The van der Waals surface area contributed by atoms with Gasteiger partial charge in [0.15, 0.2) is 0 Å². The Balaban J connectivity index is 1.57. The second kappa shape index (κ2) is 10.1. The quantitative estimate of drug-likeness (QED) is 0.684. The van der Waals surface area contributed by atoms with Crippen LogP contribution in [0.4, 0.5) is 0 Å². The van der Waals surface area contributed by atoms with Crippen molar-refractivity contribution >= 4 is 5.97 Å². The summed E-state index contributed by atoms with van der Waals surface area (Å²) < 4.78 is 11.0. The first-order valence-electron chi connectivity index (χ1n) is 9.36. The summed E-state index contributed by atoms with van der Waals surface area (Å²) in [7, 11) is 0. The van der Waals surface area contributed by atoms with Crippen molar-refractivity contribution < 1.29 is 14.3 Å². The van der Waals surface area contributed by atoms with Crippen molar-refractivity contribution in [1.29, 1.82) is 0 Å². The van der Waals surface area contributed by atoms with E-state index in [2.05, 4.69) is 29.2 Å². The maximum Gasteiger partial charge on any atom is 0.309 e. The normalized spacial score (nSPS) is 15.1. The Morgan fingerprint density at radius 1 is 0.923 bits per heavy atom. The molecule has 0 atom stereocenters. The number of carbonyl (C=O) groups excluding carboxylic acids is 1. The van der Waals surface area contributed by atoms with E-state index in [1.54, 1.807) is 0 Å². The molecule has 26 heavy (non-hydrogen) atoms. The third-order valence-electron chi connectivity index (χ3n) is 4.74. The van der Waals surface area contributed by atoms with E-state index >= 15 is 0 Å². The Kier molecular flexibility index (Phi) is 7.23. The molecule has 0 unspecified atom stereocenters. The molecule has 1 aliphatic heterocycles. The van der Waals surface area contributed by atoms with Crippen molar-refractivity contribution in [2.45, 2.75) is 12.8 Å². The Bertz CT molecular complexity index is 612. The van der Waals surface area contributed by atoms with Crippen molar-refractivity contribution in [2.75, 3.05) is 39.5 Å². The summed E-state index contributed by atoms with van der Waals surface area (Å²) in [6, 6.07) is 20.3. The highest BCUT2D eigenvalue weighted by Crippen LogP contribution is 2.16. The van der Waals surface area contributed by atoms with Gasteiger partial charge in [-0.15, -0.1) is 0 Å². The summed E-state index contributed by atoms with van der Waals surface area (Å²) in [5.74, 6) is -0.268. The van der Waals surface area contributed by atoms with Gasteiger partial charge < -0.3 is 9.47 Å². The molecule has 2 aromatic rings. The fourth-order valence-corrected chi connectivity index (χ4v) is 3.25. The lowest BCUT2D eigenvalue weighted by molar-refractivity contribution is -0.149. The van der Waals surface area contributed by atoms with Crippen molar-refractivity contribution in [3.8, 4) is 0 Å². The second-order valence-electron chi connectivity index (χ2n) is 6.70. The van der Waals surface area contributed by atoms with Crippen LogP contribution in [0.5, 0.6) is 0 Å². The number of morpholine rings is 1. The average molecular weight is 353 g/mol. The van der Waals surface area contributed by atoms with Crippen LogP contribution in [0.2, 0.25) is 0 Å². The van der Waals surface area contributed by atoms with Crippen LogP contribution in [0.15, 0.2) is 60.7 Å². The first kappa shape index (κ1) is 18.6. The fourth-order valence-electron chi connectivity index (χ4n) is 3.25. The molecule has 0 aliphatic carbocycles. The number of benzene rings is 2. The third-order valence-corrected chi connectivity index (χ3v) is 4.74. The number of hydrogen-bond acceptors (Lipinski definition) is 4. The van der Waals surface area contributed by atoms with Crippen LogP contribution >= 0.6 is 0 Å². The predicted octanol–water partition coefficient (Wildman–Crippen LogP) is 2.96. The fraction of sp³-hybridized carbons (Fsp3) is 0.409. The van der Waals surface area contributed by atoms with E-state index in [-0.39, 0.29) is 11.9 Å². The van der Waals surface area contributed by atoms with E-state index in [0.717, 1.165) is 32.8 Å². The van der Waals surface area contributed by atoms with E-state index in [4.69, 9.17) is 9.47 Å². The van der Waals surface area contributed by atoms with Crippen LogP contribution in [-0.4, -0.2) is 50.3 Å². The van der Waals surface area contributed by atoms with Crippen molar-refractivity contribution in [3.63, 3.8) is 0 Å². The molecule has 1 saturated heterocycles. The molecule has 3 rings (SSSR count). The number of ether oxygens (including phenoxy) is 2. The zero-order chi connectivity index (χ0) is 18.0. The number of rotatable bonds is 8. The molecule has 4 nitrogen and oxygen atoms in total. The molecule has 0 aromatic heterocycles. The molecular weight excluding hydrogens is 326 g/mol. The van der Waals surface area contributed by atoms with Gasteiger partial charge in [-0.25, -0.2) is 0 Å². The van der Waals surface area contributed by atoms with Gasteiger partial charge in [-0.2, -0.15) is 0 Å². The van der Waals surface area contributed by atoms with E-state index in [1.165, 1.54) is 11.1 Å². The standard InChI is InChI=1S/C22H27NO3/c24-22(26-16-13-23-11-14-25-15-12-23)21(17-19-7-3-1-4-8-19)18-20-9-5-2-6-10-20/h1-10,21H,11-18H2. The zero-order valence-electron chi connectivity index (χ0n) is 15.2. The van der Waals surface area contributed by atoms with Gasteiger partial charge >= 0.3 is 5.97 Å². The van der Waals surface area contributed by atoms with Crippen LogP contribution in [0.1, 0.15) is 11.1 Å². The lowest BCUT2D eigenvalue weighted by atomic mass is 9.92. The maximum atomic E-state index is 12.7. The van der Waals surface area contributed by atoms with E-state index in [1.807, 2.05) is 36.4 Å². The molecule has 0 bridgehead atoms. The summed E-state index contributed by atoms with van der Waals surface area (Å²) in [4.78, 5) is 15.0. The van der Waals surface area contributed by atoms with E-state index in [0.29, 0.717) is 19.4 Å². The highest BCUT2D eigenvalue weighted by molar-refractivity contribution is 5.73. The molecule has 2 aromatic carbocycles. The van der Waals surface area contributed by atoms with Gasteiger partial charge in [-0.05, 0) is 24.0 Å². The summed E-state index contributed by atoms with van der Waals surface area (Å²) in [6.07, 6.45) is 1.40. The summed E-state index contributed by atoms with van der Waals surface area (Å²) >= 11 is 0. The van der Waals surface area contributed by atoms with Crippen LogP contribution in [0.25, 0.3) is 0 Å². The minimum absolute atomic E-state index is 0.106. The molecule has 138 valence electrons. The van der Waals surface area contributed by atoms with Crippen molar-refractivity contribution in [1.82, 2.24) is 4.90 Å². The second-order valence-corrected chi connectivity index (χ2v) is 6.70. The number of nitrogens with zero attached hydrogens (tertiary/aromatic N) is 1. The Morgan fingerprint density at radius 2 is 1.46 bits per heavy atom. The first-order valence-corrected chi connectivity index (χ1v) is 9.36. The van der Waals surface area contributed by atoms with Crippen molar-refractivity contribution in [2.24, 2.45) is 5.92 Å². The lowest BCUT2D eigenvalue weighted by Gasteiger charge is -2.26. The number of carbonyl (C=O) groups is 1. The van der Waals surface area contributed by atoms with Gasteiger partial charge in [0, 0.05) is 19.6 Å². The Hall–Kier alpha value is -2.17. The largest absolute Gasteiger partial charge is 0.464 e. The van der Waals surface area contributed by atoms with Gasteiger partial charge in [0.1, 0.15) is 6.61 Å². The zero-order valence-corrected chi connectivity index (χ0v) is 15.2.